The molecule has 0 N–H and O–H groups in total. The Morgan fingerprint density at radius 3 is 2.05 bits per heavy atom. The number of hydrogen-bond donors (Lipinski definition) is 0. The van der Waals surface area contributed by atoms with Gasteiger partial charge in [-0.1, -0.05) is 50.2 Å². The molecule has 0 unspecified atom stereocenters. The fraction of sp³-hybridized carbons (Fsp3) is 0.316. The fourth-order valence-corrected chi connectivity index (χ4v) is 2.16. The van der Waals surface area contributed by atoms with Crippen molar-refractivity contribution in [2.75, 3.05) is 0 Å². The Kier molecular flexibility index (Phi) is 5.15. The molecule has 0 amide bonds. The molecule has 0 radical (unpaired) electrons. The van der Waals surface area contributed by atoms with Gasteiger partial charge in [0.1, 0.15) is 18.1 Å². The van der Waals surface area contributed by atoms with Gasteiger partial charge in [0.25, 0.3) is 0 Å². The van der Waals surface area contributed by atoms with E-state index in [4.69, 9.17) is 4.74 Å². The Morgan fingerprint density at radius 1 is 0.952 bits per heavy atom. The lowest BCUT2D eigenvalue weighted by atomic mass is 10.0. The van der Waals surface area contributed by atoms with Crippen molar-refractivity contribution in [3.05, 3.63) is 65.2 Å². The number of rotatable bonds is 6. The van der Waals surface area contributed by atoms with Crippen LogP contribution >= 0.6 is 0 Å². The Bertz CT molecular complexity index is 580. The quantitative estimate of drug-likeness (QED) is 0.778. The summed E-state index contributed by atoms with van der Waals surface area (Å²) >= 11 is 0. The third-order valence-electron chi connectivity index (χ3n) is 3.43. The normalized spacial score (nSPS) is 10.7. The van der Waals surface area contributed by atoms with Gasteiger partial charge >= 0.3 is 0 Å². The number of ether oxygens (including phenoxy) is 1. The second-order valence-electron chi connectivity index (χ2n) is 5.71. The summed E-state index contributed by atoms with van der Waals surface area (Å²) in [6.07, 6.45) is 0.483. The maximum absolute atomic E-state index is 11.1. The summed E-state index contributed by atoms with van der Waals surface area (Å²) in [5, 5.41) is 0. The van der Waals surface area contributed by atoms with E-state index in [2.05, 4.69) is 38.1 Å². The fourth-order valence-electron chi connectivity index (χ4n) is 2.16. The number of ketones is 1. The maximum Gasteiger partial charge on any atom is 0.134 e. The van der Waals surface area contributed by atoms with E-state index in [0.717, 1.165) is 16.9 Å². The first-order chi connectivity index (χ1) is 10.0. The minimum Gasteiger partial charge on any atom is -0.489 e. The highest BCUT2D eigenvalue weighted by Crippen LogP contribution is 2.17. The largest absolute Gasteiger partial charge is 0.489 e. The van der Waals surface area contributed by atoms with E-state index in [0.29, 0.717) is 18.9 Å². The predicted octanol–water partition coefficient (Wildman–Crippen LogP) is 4.52. The zero-order valence-electron chi connectivity index (χ0n) is 12.9. The van der Waals surface area contributed by atoms with Crippen molar-refractivity contribution < 1.29 is 9.53 Å². The van der Waals surface area contributed by atoms with Crippen LogP contribution in [0.2, 0.25) is 0 Å². The van der Waals surface area contributed by atoms with E-state index in [1.165, 1.54) is 5.56 Å². The molecule has 0 saturated heterocycles. The van der Waals surface area contributed by atoms with Crippen molar-refractivity contribution in [1.29, 1.82) is 0 Å². The molecule has 0 fully saturated rings. The smallest absolute Gasteiger partial charge is 0.134 e. The lowest BCUT2D eigenvalue weighted by Gasteiger charge is -2.09. The van der Waals surface area contributed by atoms with Crippen LogP contribution in [-0.4, -0.2) is 5.78 Å². The van der Waals surface area contributed by atoms with Crippen LogP contribution in [0.4, 0.5) is 0 Å². The van der Waals surface area contributed by atoms with Crippen LogP contribution in [0.15, 0.2) is 48.5 Å². The van der Waals surface area contributed by atoms with E-state index in [-0.39, 0.29) is 5.78 Å². The second kappa shape index (κ2) is 7.07. The molecule has 0 aromatic heterocycles. The molecule has 2 rings (SSSR count). The van der Waals surface area contributed by atoms with E-state index >= 15 is 0 Å². The number of carbonyl (C=O) groups is 1. The Balaban J connectivity index is 1.91. The highest BCUT2D eigenvalue weighted by Gasteiger charge is 2.01. The van der Waals surface area contributed by atoms with Crippen LogP contribution in [0.25, 0.3) is 0 Å². The molecule has 0 aliphatic heterocycles. The van der Waals surface area contributed by atoms with Crippen LogP contribution in [0, 0.1) is 0 Å². The van der Waals surface area contributed by atoms with Crippen LogP contribution in [0.5, 0.6) is 5.75 Å². The SMILES string of the molecule is CC(=O)Cc1ccc(OCc2ccc(C(C)C)cc2)cc1. The lowest BCUT2D eigenvalue weighted by Crippen LogP contribution is -1.98. The van der Waals surface area contributed by atoms with E-state index in [9.17, 15) is 4.79 Å². The Morgan fingerprint density at radius 2 is 1.52 bits per heavy atom. The Labute approximate surface area is 126 Å². The van der Waals surface area contributed by atoms with E-state index < -0.39 is 0 Å². The van der Waals surface area contributed by atoms with E-state index in [1.54, 1.807) is 6.92 Å². The van der Waals surface area contributed by atoms with Crippen LogP contribution < -0.4 is 4.74 Å². The van der Waals surface area contributed by atoms with Crippen molar-refractivity contribution in [1.82, 2.24) is 0 Å². The number of Topliss-reactive ketones (excluding diaryl/α,β-unsaturated/α-hetero) is 1. The average molecular weight is 282 g/mol. The molecule has 0 aliphatic rings. The zero-order chi connectivity index (χ0) is 15.2. The molecule has 0 atom stereocenters. The molecule has 2 aromatic rings. The van der Waals surface area contributed by atoms with Crippen molar-refractivity contribution >= 4 is 5.78 Å². The van der Waals surface area contributed by atoms with E-state index in [1.807, 2.05) is 24.3 Å². The monoisotopic (exact) mass is 282 g/mol. The lowest BCUT2D eigenvalue weighted by molar-refractivity contribution is -0.116. The van der Waals surface area contributed by atoms with Crippen LogP contribution in [0.3, 0.4) is 0 Å². The van der Waals surface area contributed by atoms with Crippen molar-refractivity contribution in [2.24, 2.45) is 0 Å². The summed E-state index contributed by atoms with van der Waals surface area (Å²) in [5.74, 6) is 1.55. The average Bonchev–Trinajstić information content (AvgIpc) is 2.46. The highest BCUT2D eigenvalue weighted by atomic mass is 16.5. The number of hydrogen-bond acceptors (Lipinski definition) is 2. The molecule has 110 valence electrons. The molecule has 2 nitrogen and oxygen atoms in total. The number of carbonyl (C=O) groups excluding carboxylic acids is 1. The van der Waals surface area contributed by atoms with Crippen molar-refractivity contribution in [2.45, 2.75) is 39.7 Å². The standard InChI is InChI=1S/C19H22O2/c1-14(2)18-8-4-17(5-9-18)13-21-19-10-6-16(7-11-19)12-15(3)20/h4-11,14H,12-13H2,1-3H3. The van der Waals surface area contributed by atoms with Gasteiger partial charge in [-0.15, -0.1) is 0 Å². The third-order valence-corrected chi connectivity index (χ3v) is 3.43. The molecule has 0 heterocycles. The van der Waals surface area contributed by atoms with Gasteiger partial charge in [-0.3, -0.25) is 4.79 Å². The van der Waals surface area contributed by atoms with Crippen LogP contribution in [-0.2, 0) is 17.8 Å². The molecule has 0 bridgehead atoms. The molecule has 2 heteroatoms. The summed E-state index contributed by atoms with van der Waals surface area (Å²) in [6.45, 7) is 6.54. The van der Waals surface area contributed by atoms with Gasteiger partial charge in [-0.2, -0.15) is 0 Å². The first kappa shape index (κ1) is 15.3. The summed E-state index contributed by atoms with van der Waals surface area (Å²) in [6, 6.07) is 16.2. The summed E-state index contributed by atoms with van der Waals surface area (Å²) in [5.41, 5.74) is 3.52. The van der Waals surface area contributed by atoms with Crippen LogP contribution in [0.1, 0.15) is 43.4 Å². The molecule has 2 aromatic carbocycles. The first-order valence-corrected chi connectivity index (χ1v) is 7.34. The van der Waals surface area contributed by atoms with Gasteiger partial charge in [0, 0.05) is 6.42 Å². The van der Waals surface area contributed by atoms with Gasteiger partial charge in [-0.05, 0) is 41.7 Å². The molecule has 21 heavy (non-hydrogen) atoms. The molecule has 0 saturated carbocycles. The van der Waals surface area contributed by atoms with Gasteiger partial charge in [0.15, 0.2) is 0 Å². The highest BCUT2D eigenvalue weighted by molar-refractivity contribution is 5.78. The van der Waals surface area contributed by atoms with Gasteiger partial charge in [0.05, 0.1) is 0 Å². The van der Waals surface area contributed by atoms with Crippen molar-refractivity contribution in [3.8, 4) is 5.75 Å². The van der Waals surface area contributed by atoms with Gasteiger partial charge in [-0.25, -0.2) is 0 Å². The zero-order valence-corrected chi connectivity index (χ0v) is 12.9. The maximum atomic E-state index is 11.1. The first-order valence-electron chi connectivity index (χ1n) is 7.34. The predicted molar refractivity (Wildman–Crippen MR) is 85.7 cm³/mol. The van der Waals surface area contributed by atoms with Gasteiger partial charge < -0.3 is 4.74 Å². The molecule has 0 aliphatic carbocycles. The number of benzene rings is 2. The molecular weight excluding hydrogens is 260 g/mol. The minimum atomic E-state index is 0.175. The molecule has 0 spiro atoms. The summed E-state index contributed by atoms with van der Waals surface area (Å²) in [4.78, 5) is 11.1. The Hall–Kier alpha value is -2.09. The molecular formula is C19H22O2. The topological polar surface area (TPSA) is 26.3 Å². The third kappa shape index (κ3) is 4.75. The summed E-state index contributed by atoms with van der Waals surface area (Å²) < 4.78 is 5.77. The summed E-state index contributed by atoms with van der Waals surface area (Å²) in [7, 11) is 0. The second-order valence-corrected chi connectivity index (χ2v) is 5.71. The minimum absolute atomic E-state index is 0.175. The van der Waals surface area contributed by atoms with Crippen molar-refractivity contribution in [3.63, 3.8) is 0 Å². The van der Waals surface area contributed by atoms with Gasteiger partial charge in [0.2, 0.25) is 0 Å².